The van der Waals surface area contributed by atoms with Gasteiger partial charge in [0.05, 0.1) is 17.6 Å². The fraction of sp³-hybridized carbons (Fsp3) is 0.200. The highest BCUT2D eigenvalue weighted by molar-refractivity contribution is 9.10. The average molecular weight is 348 g/mol. The molecule has 2 heterocycles. The summed E-state index contributed by atoms with van der Waals surface area (Å²) in [5.41, 5.74) is 1.70. The van der Waals surface area contributed by atoms with Gasteiger partial charge in [-0.25, -0.2) is 9.78 Å². The SMILES string of the molecule is O=c1[nH]c2ccccc2n1CCCOc1cccnc1Br. The Balaban J connectivity index is 1.64. The molecule has 0 amide bonds. The van der Waals surface area contributed by atoms with Crippen LogP contribution in [0.15, 0.2) is 52.0 Å². The van der Waals surface area contributed by atoms with Gasteiger partial charge in [0.25, 0.3) is 0 Å². The van der Waals surface area contributed by atoms with Gasteiger partial charge in [0.15, 0.2) is 5.75 Å². The van der Waals surface area contributed by atoms with Crippen LogP contribution < -0.4 is 10.4 Å². The van der Waals surface area contributed by atoms with Crippen molar-refractivity contribution < 1.29 is 4.74 Å². The van der Waals surface area contributed by atoms with Gasteiger partial charge in [0.2, 0.25) is 0 Å². The highest BCUT2D eigenvalue weighted by Crippen LogP contribution is 2.21. The topological polar surface area (TPSA) is 59.9 Å². The number of rotatable bonds is 5. The third kappa shape index (κ3) is 3.00. The van der Waals surface area contributed by atoms with Crippen LogP contribution in [0.2, 0.25) is 0 Å². The number of aromatic amines is 1. The fourth-order valence-electron chi connectivity index (χ4n) is 2.21. The Morgan fingerprint density at radius 1 is 1.24 bits per heavy atom. The van der Waals surface area contributed by atoms with E-state index in [1.54, 1.807) is 10.8 Å². The van der Waals surface area contributed by atoms with E-state index in [0.29, 0.717) is 23.5 Å². The number of nitrogens with one attached hydrogen (secondary N) is 1. The number of hydrogen-bond acceptors (Lipinski definition) is 3. The summed E-state index contributed by atoms with van der Waals surface area (Å²) in [5.74, 6) is 0.712. The first-order valence-corrected chi connectivity index (χ1v) is 7.46. The van der Waals surface area contributed by atoms with E-state index >= 15 is 0 Å². The molecule has 21 heavy (non-hydrogen) atoms. The molecule has 0 aliphatic rings. The van der Waals surface area contributed by atoms with Crippen molar-refractivity contribution >= 4 is 27.0 Å². The molecule has 0 unspecified atom stereocenters. The molecule has 0 saturated heterocycles. The van der Waals surface area contributed by atoms with Crippen LogP contribution in [-0.2, 0) is 6.54 Å². The van der Waals surface area contributed by atoms with Gasteiger partial charge in [-0.2, -0.15) is 0 Å². The van der Waals surface area contributed by atoms with E-state index in [2.05, 4.69) is 25.9 Å². The lowest BCUT2D eigenvalue weighted by Gasteiger charge is -2.07. The Hall–Kier alpha value is -2.08. The van der Waals surface area contributed by atoms with Crippen molar-refractivity contribution in [3.05, 3.63) is 57.7 Å². The molecule has 108 valence electrons. The quantitative estimate of drug-likeness (QED) is 0.570. The molecule has 0 saturated carbocycles. The van der Waals surface area contributed by atoms with E-state index in [1.807, 2.05) is 36.4 Å². The Bertz CT molecular complexity index is 810. The lowest BCUT2D eigenvalue weighted by Crippen LogP contribution is -2.18. The van der Waals surface area contributed by atoms with Crippen LogP contribution >= 0.6 is 15.9 Å². The summed E-state index contributed by atoms with van der Waals surface area (Å²) in [6.45, 7) is 1.14. The van der Waals surface area contributed by atoms with Gasteiger partial charge < -0.3 is 9.72 Å². The predicted molar refractivity (Wildman–Crippen MR) is 84.6 cm³/mol. The van der Waals surface area contributed by atoms with E-state index < -0.39 is 0 Å². The Morgan fingerprint density at radius 3 is 2.95 bits per heavy atom. The number of aromatic nitrogens is 3. The summed E-state index contributed by atoms with van der Waals surface area (Å²) in [5, 5.41) is 0. The van der Waals surface area contributed by atoms with Crippen LogP contribution in [-0.4, -0.2) is 21.1 Å². The highest BCUT2D eigenvalue weighted by Gasteiger charge is 2.06. The van der Waals surface area contributed by atoms with E-state index in [4.69, 9.17) is 4.74 Å². The minimum absolute atomic E-state index is 0.0845. The second-order valence-electron chi connectivity index (χ2n) is 4.59. The van der Waals surface area contributed by atoms with Gasteiger partial charge in [0, 0.05) is 12.7 Å². The second-order valence-corrected chi connectivity index (χ2v) is 5.34. The number of hydrogen-bond donors (Lipinski definition) is 1. The number of aryl methyl sites for hydroxylation is 1. The molecule has 0 atom stereocenters. The molecule has 3 aromatic rings. The molecule has 3 rings (SSSR count). The first-order valence-electron chi connectivity index (χ1n) is 6.66. The van der Waals surface area contributed by atoms with Gasteiger partial charge >= 0.3 is 5.69 Å². The van der Waals surface area contributed by atoms with E-state index in [0.717, 1.165) is 17.5 Å². The summed E-state index contributed by atoms with van der Waals surface area (Å²) >= 11 is 3.33. The number of ether oxygens (including phenoxy) is 1. The maximum absolute atomic E-state index is 11.9. The van der Waals surface area contributed by atoms with Crippen molar-refractivity contribution in [2.24, 2.45) is 0 Å². The first kappa shape index (κ1) is 13.9. The van der Waals surface area contributed by atoms with E-state index in [9.17, 15) is 4.79 Å². The summed E-state index contributed by atoms with van der Waals surface area (Å²) in [7, 11) is 0. The maximum Gasteiger partial charge on any atom is 0.326 e. The normalized spacial score (nSPS) is 10.9. The number of halogens is 1. The van der Waals surface area contributed by atoms with Crippen LogP contribution in [0.5, 0.6) is 5.75 Å². The number of para-hydroxylation sites is 2. The van der Waals surface area contributed by atoms with E-state index in [1.165, 1.54) is 0 Å². The monoisotopic (exact) mass is 347 g/mol. The molecular weight excluding hydrogens is 334 g/mol. The number of fused-ring (bicyclic) bond motifs is 1. The van der Waals surface area contributed by atoms with Crippen molar-refractivity contribution in [1.82, 2.24) is 14.5 Å². The summed E-state index contributed by atoms with van der Waals surface area (Å²) in [4.78, 5) is 18.8. The fourth-order valence-corrected chi connectivity index (χ4v) is 2.58. The van der Waals surface area contributed by atoms with Crippen LogP contribution in [0, 0.1) is 0 Å². The third-order valence-corrected chi connectivity index (χ3v) is 3.79. The number of nitrogens with zero attached hydrogens (tertiary/aromatic N) is 2. The molecule has 6 heteroatoms. The second kappa shape index (κ2) is 6.13. The first-order chi connectivity index (χ1) is 10.3. The zero-order valence-electron chi connectivity index (χ0n) is 11.3. The van der Waals surface area contributed by atoms with Gasteiger partial charge in [-0.1, -0.05) is 12.1 Å². The minimum Gasteiger partial charge on any atom is -0.491 e. The molecule has 0 aliphatic carbocycles. The largest absolute Gasteiger partial charge is 0.491 e. The van der Waals surface area contributed by atoms with Gasteiger partial charge in [0.1, 0.15) is 4.60 Å². The Morgan fingerprint density at radius 2 is 2.10 bits per heavy atom. The Labute approximate surface area is 129 Å². The lowest BCUT2D eigenvalue weighted by atomic mass is 10.3. The molecular formula is C15H14BrN3O2. The predicted octanol–water partition coefficient (Wildman–Crippen LogP) is 2.96. The summed E-state index contributed by atoms with van der Waals surface area (Å²) in [6, 6.07) is 11.3. The van der Waals surface area contributed by atoms with E-state index in [-0.39, 0.29) is 5.69 Å². The smallest absolute Gasteiger partial charge is 0.326 e. The number of imidazole rings is 1. The summed E-state index contributed by atoms with van der Waals surface area (Å²) in [6.07, 6.45) is 2.44. The zero-order valence-corrected chi connectivity index (χ0v) is 12.8. The lowest BCUT2D eigenvalue weighted by molar-refractivity contribution is 0.299. The highest BCUT2D eigenvalue weighted by atomic mass is 79.9. The molecule has 0 radical (unpaired) electrons. The molecule has 1 N–H and O–H groups in total. The van der Waals surface area contributed by atoms with Crippen LogP contribution in [0.1, 0.15) is 6.42 Å². The third-order valence-electron chi connectivity index (χ3n) is 3.19. The number of benzene rings is 1. The molecule has 0 bridgehead atoms. The minimum atomic E-state index is -0.0845. The van der Waals surface area contributed by atoms with Crippen LogP contribution in [0.4, 0.5) is 0 Å². The van der Waals surface area contributed by atoms with Crippen LogP contribution in [0.25, 0.3) is 11.0 Å². The molecule has 1 aromatic carbocycles. The van der Waals surface area contributed by atoms with Crippen molar-refractivity contribution in [2.45, 2.75) is 13.0 Å². The number of H-pyrrole nitrogens is 1. The van der Waals surface area contributed by atoms with Crippen molar-refractivity contribution in [2.75, 3.05) is 6.61 Å². The molecule has 5 nitrogen and oxygen atoms in total. The van der Waals surface area contributed by atoms with Crippen molar-refractivity contribution in [3.8, 4) is 5.75 Å². The van der Waals surface area contributed by atoms with Crippen molar-refractivity contribution in [3.63, 3.8) is 0 Å². The summed E-state index contributed by atoms with van der Waals surface area (Å²) < 4.78 is 8.07. The van der Waals surface area contributed by atoms with Gasteiger partial charge in [-0.15, -0.1) is 0 Å². The molecule has 0 spiro atoms. The zero-order chi connectivity index (χ0) is 14.7. The molecule has 0 aliphatic heterocycles. The van der Waals surface area contributed by atoms with Gasteiger partial charge in [-0.3, -0.25) is 4.57 Å². The van der Waals surface area contributed by atoms with Crippen molar-refractivity contribution in [1.29, 1.82) is 0 Å². The van der Waals surface area contributed by atoms with Crippen LogP contribution in [0.3, 0.4) is 0 Å². The maximum atomic E-state index is 11.9. The Kier molecular flexibility index (Phi) is 4.06. The standard InChI is InChI=1S/C15H14BrN3O2/c16-14-13(7-3-8-17-14)21-10-4-9-19-12-6-2-1-5-11(12)18-15(19)20/h1-3,5-8H,4,9-10H2,(H,18,20). The average Bonchev–Trinajstić information content (AvgIpc) is 2.81. The molecule has 2 aromatic heterocycles. The number of pyridine rings is 1. The van der Waals surface area contributed by atoms with Gasteiger partial charge in [-0.05, 0) is 46.6 Å². The molecule has 0 fully saturated rings.